The molecule has 150 valence electrons. The highest BCUT2D eigenvalue weighted by atomic mass is 16.2. The Hall–Kier alpha value is -3.54. The standard InChI is InChI=1S/C23H27N5O/c1-3-28(4-2)23(29)27-20-12-10-19(11-13-20)26-22-16-21(14-15-24-22)25-17-18-8-6-5-7-9-18/h5-16H,3-4,17H2,1-2H3,(H,27,29)(H2,24,25,26). The van der Waals surface area contributed by atoms with Crippen LogP contribution in [-0.2, 0) is 6.54 Å². The molecule has 0 aliphatic rings. The summed E-state index contributed by atoms with van der Waals surface area (Å²) in [5.74, 6) is 0.753. The largest absolute Gasteiger partial charge is 0.381 e. The molecule has 0 atom stereocenters. The molecule has 0 saturated carbocycles. The van der Waals surface area contributed by atoms with Crippen molar-refractivity contribution in [2.75, 3.05) is 29.0 Å². The van der Waals surface area contributed by atoms with Gasteiger partial charge < -0.3 is 20.9 Å². The molecule has 3 rings (SSSR count). The first kappa shape index (κ1) is 20.2. The van der Waals surface area contributed by atoms with Gasteiger partial charge in [0.05, 0.1) is 0 Å². The first-order valence-corrected chi connectivity index (χ1v) is 9.84. The quantitative estimate of drug-likeness (QED) is 0.488. The second-order valence-corrected chi connectivity index (χ2v) is 6.57. The van der Waals surface area contributed by atoms with E-state index in [1.807, 2.05) is 68.4 Å². The van der Waals surface area contributed by atoms with Gasteiger partial charge in [0.2, 0.25) is 0 Å². The molecule has 6 heteroatoms. The van der Waals surface area contributed by atoms with Gasteiger partial charge in [0, 0.05) is 49.0 Å². The first-order valence-electron chi connectivity index (χ1n) is 9.84. The van der Waals surface area contributed by atoms with E-state index >= 15 is 0 Å². The maximum atomic E-state index is 12.1. The number of rotatable bonds is 8. The maximum Gasteiger partial charge on any atom is 0.321 e. The summed E-state index contributed by atoms with van der Waals surface area (Å²) in [5.41, 5.74) is 3.88. The predicted molar refractivity (Wildman–Crippen MR) is 120 cm³/mol. The Balaban J connectivity index is 1.58. The normalized spacial score (nSPS) is 10.3. The number of amides is 2. The third-order valence-electron chi connectivity index (χ3n) is 4.56. The monoisotopic (exact) mass is 389 g/mol. The predicted octanol–water partition coefficient (Wildman–Crippen LogP) is 5.31. The third kappa shape index (κ3) is 5.97. The van der Waals surface area contributed by atoms with Crippen LogP contribution in [0.4, 0.5) is 27.7 Å². The molecular weight excluding hydrogens is 362 g/mol. The number of hydrogen-bond acceptors (Lipinski definition) is 4. The van der Waals surface area contributed by atoms with Crippen molar-refractivity contribution in [2.45, 2.75) is 20.4 Å². The fourth-order valence-electron chi connectivity index (χ4n) is 2.91. The van der Waals surface area contributed by atoms with Gasteiger partial charge in [0.25, 0.3) is 0 Å². The van der Waals surface area contributed by atoms with Crippen molar-refractivity contribution in [1.29, 1.82) is 0 Å². The summed E-state index contributed by atoms with van der Waals surface area (Å²) in [7, 11) is 0. The number of pyridine rings is 1. The summed E-state index contributed by atoms with van der Waals surface area (Å²) >= 11 is 0. The highest BCUT2D eigenvalue weighted by Crippen LogP contribution is 2.20. The highest BCUT2D eigenvalue weighted by Gasteiger charge is 2.09. The highest BCUT2D eigenvalue weighted by molar-refractivity contribution is 5.89. The van der Waals surface area contributed by atoms with Crippen LogP contribution in [0.15, 0.2) is 72.9 Å². The number of anilines is 4. The Morgan fingerprint density at radius 1 is 0.897 bits per heavy atom. The number of carbonyl (C=O) groups is 1. The summed E-state index contributed by atoms with van der Waals surface area (Å²) in [6.45, 7) is 6.05. The fraction of sp³-hybridized carbons (Fsp3) is 0.217. The number of nitrogens with zero attached hydrogens (tertiary/aromatic N) is 2. The molecule has 2 amide bonds. The molecule has 6 nitrogen and oxygen atoms in total. The lowest BCUT2D eigenvalue weighted by atomic mass is 10.2. The van der Waals surface area contributed by atoms with Gasteiger partial charge in [0.1, 0.15) is 5.82 Å². The van der Waals surface area contributed by atoms with Crippen LogP contribution in [0, 0.1) is 0 Å². The summed E-state index contributed by atoms with van der Waals surface area (Å²) in [4.78, 5) is 18.3. The summed E-state index contributed by atoms with van der Waals surface area (Å²) in [6.07, 6.45) is 1.77. The molecule has 3 aromatic rings. The van der Waals surface area contributed by atoms with Crippen molar-refractivity contribution in [3.05, 3.63) is 78.5 Å². The molecule has 0 spiro atoms. The molecule has 1 aromatic heterocycles. The Morgan fingerprint density at radius 2 is 1.59 bits per heavy atom. The van der Waals surface area contributed by atoms with Crippen molar-refractivity contribution < 1.29 is 4.79 Å². The lowest BCUT2D eigenvalue weighted by Gasteiger charge is -2.19. The Bertz CT molecular complexity index is 908. The lowest BCUT2D eigenvalue weighted by molar-refractivity contribution is 0.217. The van der Waals surface area contributed by atoms with Gasteiger partial charge in [-0.15, -0.1) is 0 Å². The number of aromatic nitrogens is 1. The second-order valence-electron chi connectivity index (χ2n) is 6.57. The summed E-state index contributed by atoms with van der Waals surface area (Å²) in [5, 5.41) is 9.61. The molecule has 0 unspecified atom stereocenters. The Kier molecular flexibility index (Phi) is 7.05. The number of benzene rings is 2. The van der Waals surface area contributed by atoms with Gasteiger partial charge in [-0.05, 0) is 49.7 Å². The van der Waals surface area contributed by atoms with Crippen molar-refractivity contribution >= 4 is 28.9 Å². The smallest absolute Gasteiger partial charge is 0.321 e. The minimum Gasteiger partial charge on any atom is -0.381 e. The molecule has 2 aromatic carbocycles. The summed E-state index contributed by atoms with van der Waals surface area (Å²) < 4.78 is 0. The Labute approximate surface area is 172 Å². The molecule has 0 aliphatic heterocycles. The molecule has 0 fully saturated rings. The van der Waals surface area contributed by atoms with Gasteiger partial charge in [-0.2, -0.15) is 0 Å². The zero-order valence-electron chi connectivity index (χ0n) is 16.9. The van der Waals surface area contributed by atoms with Crippen molar-refractivity contribution in [2.24, 2.45) is 0 Å². The van der Waals surface area contributed by atoms with Crippen LogP contribution in [0.5, 0.6) is 0 Å². The number of carbonyl (C=O) groups excluding carboxylic acids is 1. The third-order valence-corrected chi connectivity index (χ3v) is 4.56. The SMILES string of the molecule is CCN(CC)C(=O)Nc1ccc(Nc2cc(NCc3ccccc3)ccn2)cc1. The van der Waals surface area contributed by atoms with Crippen molar-refractivity contribution in [3.8, 4) is 0 Å². The van der Waals surface area contributed by atoms with Gasteiger partial charge in [-0.1, -0.05) is 30.3 Å². The van der Waals surface area contributed by atoms with Gasteiger partial charge in [0.15, 0.2) is 0 Å². The number of hydrogen-bond donors (Lipinski definition) is 3. The molecule has 3 N–H and O–H groups in total. The molecule has 1 heterocycles. The van der Waals surface area contributed by atoms with Crippen LogP contribution < -0.4 is 16.0 Å². The van der Waals surface area contributed by atoms with Gasteiger partial charge >= 0.3 is 6.03 Å². The van der Waals surface area contributed by atoms with E-state index in [-0.39, 0.29) is 6.03 Å². The van der Waals surface area contributed by atoms with E-state index < -0.39 is 0 Å². The van der Waals surface area contributed by atoms with Crippen LogP contribution in [0.2, 0.25) is 0 Å². The molecule has 0 saturated heterocycles. The minimum atomic E-state index is -0.0884. The van der Waals surface area contributed by atoms with Crippen LogP contribution in [0.1, 0.15) is 19.4 Å². The van der Waals surface area contributed by atoms with E-state index in [1.165, 1.54) is 5.56 Å². The molecule has 0 bridgehead atoms. The maximum absolute atomic E-state index is 12.1. The topological polar surface area (TPSA) is 69.3 Å². The Morgan fingerprint density at radius 3 is 2.28 bits per heavy atom. The lowest BCUT2D eigenvalue weighted by Crippen LogP contribution is -2.34. The van der Waals surface area contributed by atoms with Crippen molar-refractivity contribution in [3.63, 3.8) is 0 Å². The molecular formula is C23H27N5O. The van der Waals surface area contributed by atoms with E-state index in [0.717, 1.165) is 29.4 Å². The van der Waals surface area contributed by atoms with Crippen LogP contribution >= 0.6 is 0 Å². The first-order chi connectivity index (χ1) is 14.2. The van der Waals surface area contributed by atoms with E-state index in [9.17, 15) is 4.79 Å². The average Bonchev–Trinajstić information content (AvgIpc) is 2.76. The molecule has 0 aliphatic carbocycles. The number of urea groups is 1. The van der Waals surface area contributed by atoms with Crippen LogP contribution in [0.25, 0.3) is 0 Å². The van der Waals surface area contributed by atoms with E-state index in [1.54, 1.807) is 11.1 Å². The zero-order valence-corrected chi connectivity index (χ0v) is 16.9. The van der Waals surface area contributed by atoms with Crippen molar-refractivity contribution in [1.82, 2.24) is 9.88 Å². The fourth-order valence-corrected chi connectivity index (χ4v) is 2.91. The minimum absolute atomic E-state index is 0.0884. The van der Waals surface area contributed by atoms with E-state index in [2.05, 4.69) is 33.1 Å². The summed E-state index contributed by atoms with van der Waals surface area (Å²) in [6, 6.07) is 21.7. The molecule has 29 heavy (non-hydrogen) atoms. The van der Waals surface area contributed by atoms with Gasteiger partial charge in [-0.3, -0.25) is 0 Å². The van der Waals surface area contributed by atoms with E-state index in [4.69, 9.17) is 0 Å². The van der Waals surface area contributed by atoms with E-state index in [0.29, 0.717) is 13.1 Å². The second kappa shape index (κ2) is 10.1. The number of nitrogens with one attached hydrogen (secondary N) is 3. The average molecular weight is 390 g/mol. The van der Waals surface area contributed by atoms with Crippen LogP contribution in [-0.4, -0.2) is 29.0 Å². The zero-order chi connectivity index (χ0) is 20.5. The van der Waals surface area contributed by atoms with Gasteiger partial charge in [-0.25, -0.2) is 9.78 Å². The van der Waals surface area contributed by atoms with Crippen LogP contribution in [0.3, 0.4) is 0 Å². The molecule has 0 radical (unpaired) electrons.